The number of carbonyl (C=O) groups excluding carboxylic acids is 1. The van der Waals surface area contributed by atoms with Crippen molar-refractivity contribution in [2.45, 2.75) is 12.8 Å². The Bertz CT molecular complexity index is 1150. The molecule has 1 aliphatic heterocycles. The lowest BCUT2D eigenvalue weighted by Gasteiger charge is -2.32. The Hall–Kier alpha value is -4.15. The number of nitrogens with zero attached hydrogens (tertiary/aromatic N) is 9. The highest BCUT2D eigenvalue weighted by Crippen LogP contribution is 2.23. The van der Waals surface area contributed by atoms with Crippen LogP contribution in [0.2, 0.25) is 0 Å². The van der Waals surface area contributed by atoms with E-state index in [1.807, 2.05) is 24.4 Å². The molecule has 0 aliphatic carbocycles. The maximum Gasteiger partial charge on any atom is 0.228 e. The summed E-state index contributed by atoms with van der Waals surface area (Å²) in [6.07, 6.45) is 11.4. The SMILES string of the molecule is O=C(Nc1cc(-n2cccn2)ncn1)C1CCN(c2cc(-n3cccn3)ncn2)CC1. The summed E-state index contributed by atoms with van der Waals surface area (Å²) in [6.45, 7) is 1.46. The van der Waals surface area contributed by atoms with Crippen LogP contribution >= 0.6 is 0 Å². The van der Waals surface area contributed by atoms with Crippen LogP contribution in [-0.2, 0) is 4.79 Å². The standard InChI is InChI=1S/C20H20N10O/c31-20(27-16-11-18(23-13-21-16)29-7-1-5-25-29)15-3-9-28(10-4-15)17-12-19(24-14-22-17)30-8-2-6-26-30/h1-2,5-8,11-15H,3-4,9-10H2,(H,21,23,27,31). The van der Waals surface area contributed by atoms with Crippen molar-refractivity contribution in [3.05, 3.63) is 61.7 Å². The lowest BCUT2D eigenvalue weighted by molar-refractivity contribution is -0.120. The first-order valence-corrected chi connectivity index (χ1v) is 9.96. The van der Waals surface area contributed by atoms with E-state index in [-0.39, 0.29) is 11.8 Å². The van der Waals surface area contributed by atoms with E-state index in [1.165, 1.54) is 12.7 Å². The van der Waals surface area contributed by atoms with E-state index in [0.29, 0.717) is 17.5 Å². The number of nitrogens with one attached hydrogen (secondary N) is 1. The molecular weight excluding hydrogens is 396 g/mol. The van der Waals surface area contributed by atoms with Crippen molar-refractivity contribution in [2.24, 2.45) is 5.92 Å². The molecule has 5 heterocycles. The van der Waals surface area contributed by atoms with Crippen LogP contribution in [0.1, 0.15) is 12.8 Å². The molecule has 0 unspecified atom stereocenters. The Morgan fingerprint density at radius 3 is 2.10 bits per heavy atom. The molecule has 0 aromatic carbocycles. The molecule has 0 saturated carbocycles. The van der Waals surface area contributed by atoms with Crippen LogP contribution in [0.25, 0.3) is 11.6 Å². The van der Waals surface area contributed by atoms with Gasteiger partial charge in [-0.05, 0) is 25.0 Å². The first kappa shape index (κ1) is 18.9. The lowest BCUT2D eigenvalue weighted by atomic mass is 9.96. The summed E-state index contributed by atoms with van der Waals surface area (Å²) in [5.41, 5.74) is 0. The molecule has 11 heteroatoms. The lowest BCUT2D eigenvalue weighted by Crippen LogP contribution is -2.38. The van der Waals surface area contributed by atoms with E-state index in [9.17, 15) is 4.79 Å². The third-order valence-corrected chi connectivity index (χ3v) is 5.21. The minimum atomic E-state index is -0.0909. The molecular formula is C20H20N10O. The van der Waals surface area contributed by atoms with Crippen LogP contribution in [-0.4, -0.2) is 58.5 Å². The van der Waals surface area contributed by atoms with Crippen molar-refractivity contribution >= 4 is 17.5 Å². The highest BCUT2D eigenvalue weighted by molar-refractivity contribution is 5.92. The second-order valence-electron chi connectivity index (χ2n) is 7.15. The van der Waals surface area contributed by atoms with Gasteiger partial charge in [-0.1, -0.05) is 0 Å². The normalized spacial score (nSPS) is 14.5. The first-order chi connectivity index (χ1) is 15.3. The number of rotatable bonds is 5. The summed E-state index contributed by atoms with van der Waals surface area (Å²) >= 11 is 0. The molecule has 0 atom stereocenters. The van der Waals surface area contributed by atoms with E-state index in [4.69, 9.17) is 0 Å². The molecule has 1 aliphatic rings. The van der Waals surface area contributed by atoms with Gasteiger partial charge in [0.25, 0.3) is 0 Å². The van der Waals surface area contributed by atoms with Gasteiger partial charge in [-0.25, -0.2) is 29.3 Å². The fourth-order valence-electron chi connectivity index (χ4n) is 3.58. The second-order valence-corrected chi connectivity index (χ2v) is 7.15. The Balaban J connectivity index is 1.21. The maximum absolute atomic E-state index is 12.8. The third-order valence-electron chi connectivity index (χ3n) is 5.21. The van der Waals surface area contributed by atoms with Crippen molar-refractivity contribution in [3.63, 3.8) is 0 Å². The Kier molecular flexibility index (Phi) is 5.05. The van der Waals surface area contributed by atoms with Crippen LogP contribution in [0.4, 0.5) is 11.6 Å². The zero-order valence-corrected chi connectivity index (χ0v) is 16.6. The van der Waals surface area contributed by atoms with Gasteiger partial charge in [0.2, 0.25) is 5.91 Å². The molecule has 5 rings (SSSR count). The van der Waals surface area contributed by atoms with Gasteiger partial charge in [-0.3, -0.25) is 4.79 Å². The summed E-state index contributed by atoms with van der Waals surface area (Å²) in [6, 6.07) is 7.27. The van der Waals surface area contributed by atoms with Gasteiger partial charge in [0.1, 0.15) is 24.3 Å². The van der Waals surface area contributed by atoms with Gasteiger partial charge in [-0.15, -0.1) is 0 Å². The van der Waals surface area contributed by atoms with E-state index >= 15 is 0 Å². The van der Waals surface area contributed by atoms with E-state index in [1.54, 1.807) is 34.0 Å². The number of amides is 1. The summed E-state index contributed by atoms with van der Waals surface area (Å²) in [7, 11) is 0. The van der Waals surface area contributed by atoms with Gasteiger partial charge in [-0.2, -0.15) is 10.2 Å². The topological polar surface area (TPSA) is 120 Å². The number of aromatic nitrogens is 8. The first-order valence-electron chi connectivity index (χ1n) is 9.96. The molecule has 0 bridgehead atoms. The molecule has 31 heavy (non-hydrogen) atoms. The van der Waals surface area contributed by atoms with Crippen LogP contribution in [0.5, 0.6) is 0 Å². The summed E-state index contributed by atoms with van der Waals surface area (Å²) in [5.74, 6) is 2.48. The van der Waals surface area contributed by atoms with Crippen molar-refractivity contribution < 1.29 is 4.79 Å². The molecule has 1 amide bonds. The molecule has 0 spiro atoms. The molecule has 1 N–H and O–H groups in total. The molecule has 4 aromatic heterocycles. The molecule has 4 aromatic rings. The predicted molar refractivity (Wildman–Crippen MR) is 112 cm³/mol. The van der Waals surface area contributed by atoms with Gasteiger partial charge >= 0.3 is 0 Å². The molecule has 11 nitrogen and oxygen atoms in total. The largest absolute Gasteiger partial charge is 0.356 e. The Morgan fingerprint density at radius 1 is 0.839 bits per heavy atom. The van der Waals surface area contributed by atoms with Crippen LogP contribution in [0, 0.1) is 5.92 Å². The number of anilines is 2. The second kappa shape index (κ2) is 8.30. The van der Waals surface area contributed by atoms with E-state index < -0.39 is 0 Å². The highest BCUT2D eigenvalue weighted by Gasteiger charge is 2.26. The van der Waals surface area contributed by atoms with Crippen molar-refractivity contribution in [1.82, 2.24) is 39.5 Å². The van der Waals surface area contributed by atoms with Gasteiger partial charge in [0.15, 0.2) is 11.6 Å². The molecule has 1 saturated heterocycles. The minimum absolute atomic E-state index is 0.0373. The Morgan fingerprint density at radius 2 is 1.45 bits per heavy atom. The van der Waals surface area contributed by atoms with E-state index in [0.717, 1.165) is 31.7 Å². The minimum Gasteiger partial charge on any atom is -0.356 e. The van der Waals surface area contributed by atoms with Crippen molar-refractivity contribution in [1.29, 1.82) is 0 Å². The average molecular weight is 416 g/mol. The zero-order valence-electron chi connectivity index (χ0n) is 16.6. The maximum atomic E-state index is 12.8. The zero-order chi connectivity index (χ0) is 21.0. The summed E-state index contributed by atoms with van der Waals surface area (Å²) < 4.78 is 3.32. The quantitative estimate of drug-likeness (QED) is 0.520. The predicted octanol–water partition coefficient (Wildman–Crippen LogP) is 1.49. The van der Waals surface area contributed by atoms with Crippen molar-refractivity contribution in [2.75, 3.05) is 23.3 Å². The smallest absolute Gasteiger partial charge is 0.228 e. The highest BCUT2D eigenvalue weighted by atomic mass is 16.2. The van der Waals surface area contributed by atoms with Crippen LogP contribution in [0.3, 0.4) is 0 Å². The summed E-state index contributed by atoms with van der Waals surface area (Å²) in [5, 5.41) is 11.3. The number of carbonyl (C=O) groups is 1. The van der Waals surface area contributed by atoms with Crippen LogP contribution in [0.15, 0.2) is 61.7 Å². The fraction of sp³-hybridized carbons (Fsp3) is 0.250. The monoisotopic (exact) mass is 416 g/mol. The van der Waals surface area contributed by atoms with Crippen molar-refractivity contribution in [3.8, 4) is 11.6 Å². The average Bonchev–Trinajstić information content (AvgIpc) is 3.54. The van der Waals surface area contributed by atoms with Gasteiger partial charge < -0.3 is 10.2 Å². The summed E-state index contributed by atoms with van der Waals surface area (Å²) in [4.78, 5) is 31.9. The Labute approximate surface area is 177 Å². The molecule has 1 fully saturated rings. The molecule has 0 radical (unpaired) electrons. The van der Waals surface area contributed by atoms with Gasteiger partial charge in [0, 0.05) is 55.9 Å². The number of piperidine rings is 1. The third kappa shape index (κ3) is 4.10. The van der Waals surface area contributed by atoms with E-state index in [2.05, 4.69) is 40.3 Å². The number of hydrogen-bond donors (Lipinski definition) is 1. The number of hydrogen-bond acceptors (Lipinski definition) is 8. The van der Waals surface area contributed by atoms with Crippen LogP contribution < -0.4 is 10.2 Å². The fourth-order valence-corrected chi connectivity index (χ4v) is 3.58. The van der Waals surface area contributed by atoms with Gasteiger partial charge in [0.05, 0.1) is 0 Å². The molecule has 156 valence electrons.